The molecule has 1 saturated carbocycles. The molecule has 92 valence electrons. The van der Waals surface area contributed by atoms with Crippen LogP contribution in [0.15, 0.2) is 12.2 Å². The molecular weight excluding hydrogens is 200 g/mol. The fourth-order valence-electron chi connectivity index (χ4n) is 2.82. The summed E-state index contributed by atoms with van der Waals surface area (Å²) >= 11 is 0. The first-order valence-electron chi connectivity index (χ1n) is 6.09. The van der Waals surface area contributed by atoms with Crippen molar-refractivity contribution in [3.63, 3.8) is 0 Å². The molecule has 2 atom stereocenters. The van der Waals surface area contributed by atoms with Crippen molar-refractivity contribution in [2.45, 2.75) is 59.5 Å². The zero-order valence-corrected chi connectivity index (χ0v) is 11.2. The standard InChI is InChI=1S/C14H24O2/c1-10(2)12(15)16-14(13(4,5)6)9-7-8-11(14)3/h11H,1,7-9H2,2-6H3. The first-order chi connectivity index (χ1) is 7.21. The van der Waals surface area contributed by atoms with Gasteiger partial charge in [0.2, 0.25) is 0 Å². The summed E-state index contributed by atoms with van der Waals surface area (Å²) < 4.78 is 5.80. The van der Waals surface area contributed by atoms with Crippen molar-refractivity contribution in [3.05, 3.63) is 12.2 Å². The lowest BCUT2D eigenvalue weighted by Gasteiger charge is -2.44. The second-order valence-corrected chi connectivity index (χ2v) is 6.10. The highest BCUT2D eigenvalue weighted by Gasteiger charge is 2.52. The minimum absolute atomic E-state index is 0.0198. The number of ether oxygens (including phenoxy) is 1. The molecule has 0 aromatic heterocycles. The van der Waals surface area contributed by atoms with Crippen molar-refractivity contribution in [1.29, 1.82) is 0 Å². The molecule has 0 heterocycles. The molecule has 0 radical (unpaired) electrons. The van der Waals surface area contributed by atoms with E-state index in [1.807, 2.05) is 0 Å². The van der Waals surface area contributed by atoms with Crippen molar-refractivity contribution in [3.8, 4) is 0 Å². The summed E-state index contributed by atoms with van der Waals surface area (Å²) in [7, 11) is 0. The van der Waals surface area contributed by atoms with Gasteiger partial charge in [-0.15, -0.1) is 0 Å². The molecule has 16 heavy (non-hydrogen) atoms. The predicted molar refractivity (Wildman–Crippen MR) is 66.1 cm³/mol. The Labute approximate surface area is 99.1 Å². The predicted octanol–water partition coefficient (Wildman–Crippen LogP) is 3.71. The van der Waals surface area contributed by atoms with Gasteiger partial charge in [0.05, 0.1) is 0 Å². The molecule has 0 aliphatic heterocycles. The van der Waals surface area contributed by atoms with Crippen LogP contribution in [0.1, 0.15) is 53.9 Å². The third-order valence-corrected chi connectivity index (χ3v) is 3.87. The Morgan fingerprint density at radius 3 is 2.31 bits per heavy atom. The van der Waals surface area contributed by atoms with Gasteiger partial charge in [-0.25, -0.2) is 4.79 Å². The van der Waals surface area contributed by atoms with Gasteiger partial charge in [0.1, 0.15) is 5.60 Å². The van der Waals surface area contributed by atoms with Gasteiger partial charge in [-0.3, -0.25) is 0 Å². The molecule has 2 heteroatoms. The van der Waals surface area contributed by atoms with Crippen LogP contribution < -0.4 is 0 Å². The molecule has 1 rings (SSSR count). The molecule has 0 bridgehead atoms. The lowest BCUT2D eigenvalue weighted by atomic mass is 9.70. The van der Waals surface area contributed by atoms with Gasteiger partial charge >= 0.3 is 5.97 Å². The van der Waals surface area contributed by atoms with E-state index in [4.69, 9.17) is 4.74 Å². The molecule has 0 aromatic carbocycles. The van der Waals surface area contributed by atoms with Crippen LogP contribution in [-0.2, 0) is 9.53 Å². The van der Waals surface area contributed by atoms with Gasteiger partial charge in [-0.2, -0.15) is 0 Å². The van der Waals surface area contributed by atoms with Crippen LogP contribution >= 0.6 is 0 Å². The fourth-order valence-corrected chi connectivity index (χ4v) is 2.82. The van der Waals surface area contributed by atoms with Crippen molar-refractivity contribution in [2.24, 2.45) is 11.3 Å². The van der Waals surface area contributed by atoms with Crippen molar-refractivity contribution < 1.29 is 9.53 Å². The van der Waals surface area contributed by atoms with Crippen LogP contribution in [0.25, 0.3) is 0 Å². The number of carbonyl (C=O) groups excluding carboxylic acids is 1. The highest BCUT2D eigenvalue weighted by molar-refractivity contribution is 5.87. The summed E-state index contributed by atoms with van der Waals surface area (Å²) in [5, 5.41) is 0. The first-order valence-corrected chi connectivity index (χ1v) is 6.09. The first kappa shape index (κ1) is 13.3. The van der Waals surface area contributed by atoms with E-state index in [9.17, 15) is 4.79 Å². The lowest BCUT2D eigenvalue weighted by molar-refractivity contribution is -0.175. The number of hydrogen-bond donors (Lipinski definition) is 0. The van der Waals surface area contributed by atoms with E-state index in [2.05, 4.69) is 34.3 Å². The maximum atomic E-state index is 11.8. The van der Waals surface area contributed by atoms with E-state index in [1.165, 1.54) is 0 Å². The molecule has 0 amide bonds. The van der Waals surface area contributed by atoms with E-state index in [0.29, 0.717) is 11.5 Å². The lowest BCUT2D eigenvalue weighted by Crippen LogP contribution is -2.49. The second kappa shape index (κ2) is 4.23. The number of hydrogen-bond acceptors (Lipinski definition) is 2. The molecule has 2 unspecified atom stereocenters. The fraction of sp³-hybridized carbons (Fsp3) is 0.786. The van der Waals surface area contributed by atoms with Gasteiger partial charge in [-0.05, 0) is 32.1 Å². The summed E-state index contributed by atoms with van der Waals surface area (Å²) in [5.74, 6) is 0.180. The quantitative estimate of drug-likeness (QED) is 0.528. The monoisotopic (exact) mass is 224 g/mol. The summed E-state index contributed by atoms with van der Waals surface area (Å²) in [6, 6.07) is 0. The van der Waals surface area contributed by atoms with E-state index in [-0.39, 0.29) is 17.0 Å². The largest absolute Gasteiger partial charge is 0.455 e. The van der Waals surface area contributed by atoms with Gasteiger partial charge < -0.3 is 4.74 Å². The molecule has 1 fully saturated rings. The Kier molecular flexibility index (Phi) is 3.51. The van der Waals surface area contributed by atoms with Gasteiger partial charge in [0.15, 0.2) is 0 Å². The Hall–Kier alpha value is -0.790. The molecule has 0 N–H and O–H groups in total. The number of esters is 1. The second-order valence-electron chi connectivity index (χ2n) is 6.10. The third-order valence-electron chi connectivity index (χ3n) is 3.87. The summed E-state index contributed by atoms with van der Waals surface area (Å²) in [5.41, 5.74) is 0.152. The molecule has 0 aromatic rings. The van der Waals surface area contributed by atoms with E-state index in [1.54, 1.807) is 6.92 Å². The number of rotatable bonds is 2. The molecule has 2 nitrogen and oxygen atoms in total. The molecule has 1 aliphatic rings. The van der Waals surface area contributed by atoms with Gasteiger partial charge in [0, 0.05) is 11.0 Å². The SMILES string of the molecule is C=C(C)C(=O)OC1(C(C)(C)C)CCCC1C. The highest BCUT2D eigenvalue weighted by atomic mass is 16.6. The maximum absolute atomic E-state index is 11.8. The topological polar surface area (TPSA) is 26.3 Å². The molecule has 0 saturated heterocycles. The van der Waals surface area contributed by atoms with Crippen molar-refractivity contribution in [1.82, 2.24) is 0 Å². The Balaban J connectivity index is 2.98. The van der Waals surface area contributed by atoms with Crippen LogP contribution in [-0.4, -0.2) is 11.6 Å². The zero-order chi connectivity index (χ0) is 12.6. The smallest absolute Gasteiger partial charge is 0.333 e. The highest BCUT2D eigenvalue weighted by Crippen LogP contribution is 2.50. The van der Waals surface area contributed by atoms with Crippen LogP contribution in [0.3, 0.4) is 0 Å². The van der Waals surface area contributed by atoms with Crippen LogP contribution in [0, 0.1) is 11.3 Å². The summed E-state index contributed by atoms with van der Waals surface area (Å²) in [6.45, 7) is 14.0. The average molecular weight is 224 g/mol. The number of carbonyl (C=O) groups is 1. The maximum Gasteiger partial charge on any atom is 0.333 e. The average Bonchev–Trinajstić information content (AvgIpc) is 2.47. The zero-order valence-electron chi connectivity index (χ0n) is 11.2. The Bertz CT molecular complexity index is 298. The van der Waals surface area contributed by atoms with Crippen molar-refractivity contribution in [2.75, 3.05) is 0 Å². The van der Waals surface area contributed by atoms with Crippen LogP contribution in [0.4, 0.5) is 0 Å². The minimum Gasteiger partial charge on any atom is -0.455 e. The van der Waals surface area contributed by atoms with Crippen molar-refractivity contribution >= 4 is 5.97 Å². The van der Waals surface area contributed by atoms with Crippen LogP contribution in [0.5, 0.6) is 0 Å². The Morgan fingerprint density at radius 1 is 1.44 bits per heavy atom. The Morgan fingerprint density at radius 2 is 2.00 bits per heavy atom. The van der Waals surface area contributed by atoms with E-state index >= 15 is 0 Å². The van der Waals surface area contributed by atoms with E-state index in [0.717, 1.165) is 19.3 Å². The van der Waals surface area contributed by atoms with Crippen LogP contribution in [0.2, 0.25) is 0 Å². The normalized spacial score (nSPS) is 30.2. The van der Waals surface area contributed by atoms with E-state index < -0.39 is 0 Å². The van der Waals surface area contributed by atoms with Gasteiger partial charge in [0.25, 0.3) is 0 Å². The minimum atomic E-state index is -0.316. The molecular formula is C14H24O2. The van der Waals surface area contributed by atoms with Gasteiger partial charge in [-0.1, -0.05) is 34.3 Å². The molecule has 1 aliphatic carbocycles. The third kappa shape index (κ3) is 2.16. The molecule has 0 spiro atoms. The summed E-state index contributed by atoms with van der Waals surface area (Å²) in [4.78, 5) is 11.8. The summed E-state index contributed by atoms with van der Waals surface area (Å²) in [6.07, 6.45) is 3.25.